The van der Waals surface area contributed by atoms with Gasteiger partial charge in [-0.25, -0.2) is 0 Å². The molecule has 3 aromatic carbocycles. The molecule has 3 atom stereocenters. The van der Waals surface area contributed by atoms with E-state index in [1.807, 2.05) is 42.5 Å². The maximum Gasteiger partial charge on any atom is 0.134 e. The Balaban J connectivity index is 1.74. The van der Waals surface area contributed by atoms with Crippen LogP contribution in [0.4, 0.5) is 0 Å². The molecule has 3 aromatic rings. The molecule has 6 nitrogen and oxygen atoms in total. The van der Waals surface area contributed by atoms with Crippen molar-refractivity contribution in [3.63, 3.8) is 0 Å². The smallest absolute Gasteiger partial charge is 0.134 e. The first kappa shape index (κ1) is 28.1. The minimum absolute atomic E-state index is 0.0407. The van der Waals surface area contributed by atoms with Crippen LogP contribution >= 0.6 is 0 Å². The number of rotatable bonds is 14. The van der Waals surface area contributed by atoms with Crippen molar-refractivity contribution in [1.82, 2.24) is 4.90 Å². The molecule has 0 saturated carbocycles. The minimum Gasteiger partial charge on any atom is -0.497 e. The summed E-state index contributed by atoms with van der Waals surface area (Å²) >= 11 is 0. The molecule has 38 heavy (non-hydrogen) atoms. The van der Waals surface area contributed by atoms with E-state index in [4.69, 9.17) is 19.9 Å². The predicted octanol–water partition coefficient (Wildman–Crippen LogP) is 5.12. The Labute approximate surface area is 227 Å². The second-order valence-corrected chi connectivity index (χ2v) is 10.1. The van der Waals surface area contributed by atoms with Crippen molar-refractivity contribution in [1.29, 1.82) is 0 Å². The average Bonchev–Trinajstić information content (AvgIpc) is 3.35. The molecule has 1 aliphatic rings. The Bertz CT molecular complexity index is 1090. The fourth-order valence-corrected chi connectivity index (χ4v) is 5.62. The van der Waals surface area contributed by atoms with Crippen LogP contribution in [0, 0.1) is 0 Å². The highest BCUT2D eigenvalue weighted by Gasteiger charge is 2.50. The second kappa shape index (κ2) is 13.8. The molecular formula is C32H42N2O4. The van der Waals surface area contributed by atoms with Crippen molar-refractivity contribution >= 4 is 0 Å². The number of benzene rings is 3. The van der Waals surface area contributed by atoms with Crippen LogP contribution in [0.5, 0.6) is 11.5 Å². The van der Waals surface area contributed by atoms with E-state index in [2.05, 4.69) is 41.3 Å². The van der Waals surface area contributed by atoms with Gasteiger partial charge in [-0.1, -0.05) is 67.4 Å². The summed E-state index contributed by atoms with van der Waals surface area (Å²) in [6.07, 6.45) is 4.60. The maximum atomic E-state index is 10.9. The van der Waals surface area contributed by atoms with E-state index in [-0.39, 0.29) is 6.04 Å². The maximum absolute atomic E-state index is 10.9. The number of aliphatic hydroxyl groups excluding tert-OH is 1. The number of nitrogens with two attached hydrogens (primary N) is 1. The summed E-state index contributed by atoms with van der Waals surface area (Å²) in [5.41, 5.74) is 8.09. The summed E-state index contributed by atoms with van der Waals surface area (Å²) in [6.45, 7) is 2.70. The van der Waals surface area contributed by atoms with Crippen LogP contribution in [-0.2, 0) is 16.9 Å². The first-order chi connectivity index (χ1) is 18.6. The van der Waals surface area contributed by atoms with E-state index < -0.39 is 11.7 Å². The van der Waals surface area contributed by atoms with Gasteiger partial charge < -0.3 is 25.1 Å². The standard InChI is InChI=1S/C32H42N2O4/c1-36-29-16-12-25(13-17-29)24-38-32(26-10-6-5-7-11-26,27-14-18-30(37-2)19-15-27)31-22-28(35)23-34(31)21-9-4-3-8-20-33/h5-7,10-19,28,31,35H,3-4,8-9,20-24,33H2,1-2H3. The predicted molar refractivity (Wildman–Crippen MR) is 152 cm³/mol. The van der Waals surface area contributed by atoms with E-state index in [1.165, 1.54) is 0 Å². The van der Waals surface area contributed by atoms with Gasteiger partial charge in [0.2, 0.25) is 0 Å². The van der Waals surface area contributed by atoms with E-state index >= 15 is 0 Å². The molecule has 6 heteroatoms. The average molecular weight is 519 g/mol. The van der Waals surface area contributed by atoms with Gasteiger partial charge in [-0.15, -0.1) is 0 Å². The highest BCUT2D eigenvalue weighted by atomic mass is 16.5. The number of hydrogen-bond donors (Lipinski definition) is 2. The van der Waals surface area contributed by atoms with Gasteiger partial charge >= 0.3 is 0 Å². The lowest BCUT2D eigenvalue weighted by Gasteiger charge is -2.44. The normalized spacial score (nSPS) is 19.3. The van der Waals surface area contributed by atoms with Gasteiger partial charge in [0.15, 0.2) is 0 Å². The topological polar surface area (TPSA) is 77.2 Å². The fraction of sp³-hybridized carbons (Fsp3) is 0.438. The van der Waals surface area contributed by atoms with Crippen molar-refractivity contribution < 1.29 is 19.3 Å². The Kier molecular flexibility index (Phi) is 10.2. The van der Waals surface area contributed by atoms with Crippen LogP contribution in [-0.4, -0.2) is 56.0 Å². The van der Waals surface area contributed by atoms with Crippen molar-refractivity contribution in [2.45, 2.75) is 56.5 Å². The summed E-state index contributed by atoms with van der Waals surface area (Å²) < 4.78 is 17.9. The van der Waals surface area contributed by atoms with Crippen LogP contribution in [0.3, 0.4) is 0 Å². The quantitative estimate of drug-likeness (QED) is 0.289. The van der Waals surface area contributed by atoms with Crippen LogP contribution in [0.2, 0.25) is 0 Å². The third-order valence-corrected chi connectivity index (χ3v) is 7.60. The van der Waals surface area contributed by atoms with Crippen molar-refractivity contribution in [3.8, 4) is 11.5 Å². The monoisotopic (exact) mass is 518 g/mol. The lowest BCUT2D eigenvalue weighted by atomic mass is 9.78. The first-order valence-electron chi connectivity index (χ1n) is 13.7. The molecule has 1 aliphatic heterocycles. The molecule has 0 aliphatic carbocycles. The molecule has 204 valence electrons. The Morgan fingerprint density at radius 3 is 2.05 bits per heavy atom. The van der Waals surface area contributed by atoms with E-state index in [9.17, 15) is 5.11 Å². The molecule has 0 bridgehead atoms. The van der Waals surface area contributed by atoms with E-state index in [0.717, 1.165) is 67.0 Å². The molecule has 0 aromatic heterocycles. The number of likely N-dealkylation sites (tertiary alicyclic amines) is 1. The zero-order chi connectivity index (χ0) is 26.8. The number of methoxy groups -OCH3 is 2. The first-order valence-corrected chi connectivity index (χ1v) is 13.7. The molecule has 1 fully saturated rings. The van der Waals surface area contributed by atoms with Crippen LogP contribution in [0.1, 0.15) is 48.8 Å². The van der Waals surface area contributed by atoms with Gasteiger partial charge in [-0.05, 0) is 73.3 Å². The molecule has 3 N–H and O–H groups in total. The van der Waals surface area contributed by atoms with Gasteiger partial charge in [0, 0.05) is 12.6 Å². The number of nitrogens with zero attached hydrogens (tertiary/aromatic N) is 1. The van der Waals surface area contributed by atoms with Gasteiger partial charge in [0.1, 0.15) is 17.1 Å². The van der Waals surface area contributed by atoms with Crippen LogP contribution in [0.15, 0.2) is 78.9 Å². The highest BCUT2D eigenvalue weighted by molar-refractivity contribution is 5.42. The van der Waals surface area contributed by atoms with Crippen LogP contribution < -0.4 is 15.2 Å². The number of aliphatic hydroxyl groups is 1. The SMILES string of the molecule is COc1ccc(COC(c2ccccc2)(c2ccc(OC)cc2)C2CC(O)CN2CCCCCCN)cc1. The molecule has 4 rings (SSSR count). The number of ether oxygens (including phenoxy) is 3. The number of hydrogen-bond acceptors (Lipinski definition) is 6. The minimum atomic E-state index is -0.789. The molecular weight excluding hydrogens is 476 g/mol. The Morgan fingerprint density at radius 1 is 0.816 bits per heavy atom. The largest absolute Gasteiger partial charge is 0.497 e. The van der Waals surface area contributed by atoms with Crippen molar-refractivity contribution in [2.75, 3.05) is 33.9 Å². The third-order valence-electron chi connectivity index (χ3n) is 7.60. The summed E-state index contributed by atoms with van der Waals surface area (Å²) in [6, 6.07) is 26.6. The number of β-amino-alcohol motifs (C(OH)–C–C–N with tert-alkyl or cyclic N) is 1. The zero-order valence-corrected chi connectivity index (χ0v) is 22.7. The van der Waals surface area contributed by atoms with Gasteiger partial charge in [-0.3, -0.25) is 4.90 Å². The van der Waals surface area contributed by atoms with Gasteiger partial charge in [0.25, 0.3) is 0 Å². The Hall–Kier alpha value is -2.90. The van der Waals surface area contributed by atoms with Crippen LogP contribution in [0.25, 0.3) is 0 Å². The number of unbranched alkanes of at least 4 members (excludes halogenated alkanes) is 3. The summed E-state index contributed by atoms with van der Waals surface area (Å²) in [5, 5.41) is 10.9. The Morgan fingerprint density at radius 2 is 1.42 bits per heavy atom. The lowest BCUT2D eigenvalue weighted by molar-refractivity contribution is -0.0811. The summed E-state index contributed by atoms with van der Waals surface area (Å²) in [7, 11) is 3.35. The molecule has 0 radical (unpaired) electrons. The lowest BCUT2D eigenvalue weighted by Crippen LogP contribution is -2.50. The van der Waals surface area contributed by atoms with Gasteiger partial charge in [-0.2, -0.15) is 0 Å². The molecule has 1 saturated heterocycles. The van der Waals surface area contributed by atoms with Gasteiger partial charge in [0.05, 0.1) is 26.9 Å². The molecule has 0 spiro atoms. The fourth-order valence-electron chi connectivity index (χ4n) is 5.62. The molecule has 0 amide bonds. The van der Waals surface area contributed by atoms with Crippen molar-refractivity contribution in [3.05, 3.63) is 95.6 Å². The summed E-state index contributed by atoms with van der Waals surface area (Å²) in [5.74, 6) is 1.62. The zero-order valence-electron chi connectivity index (χ0n) is 22.7. The second-order valence-electron chi connectivity index (χ2n) is 10.1. The van der Waals surface area contributed by atoms with E-state index in [0.29, 0.717) is 19.6 Å². The molecule has 1 heterocycles. The third kappa shape index (κ3) is 6.56. The van der Waals surface area contributed by atoms with Crippen molar-refractivity contribution in [2.24, 2.45) is 5.73 Å². The van der Waals surface area contributed by atoms with E-state index in [1.54, 1.807) is 14.2 Å². The summed E-state index contributed by atoms with van der Waals surface area (Å²) in [4.78, 5) is 2.43. The highest BCUT2D eigenvalue weighted by Crippen LogP contribution is 2.44. The molecule has 3 unspecified atom stereocenters.